The molecule has 4 heterocycles. The highest BCUT2D eigenvalue weighted by Gasteiger charge is 2.36. The third-order valence-electron chi connectivity index (χ3n) is 6.51. The predicted molar refractivity (Wildman–Crippen MR) is 116 cm³/mol. The molecular weight excluding hydrogens is 376 g/mol. The Morgan fingerprint density at radius 2 is 2.00 bits per heavy atom. The minimum atomic E-state index is 0.154. The molecule has 0 atom stereocenters. The summed E-state index contributed by atoms with van der Waals surface area (Å²) >= 11 is 0. The highest BCUT2D eigenvalue weighted by atomic mass is 16.5. The summed E-state index contributed by atoms with van der Waals surface area (Å²) in [6, 6.07) is 8.34. The molecule has 0 radical (unpaired) electrons. The van der Waals surface area contributed by atoms with E-state index in [0.717, 1.165) is 73.3 Å². The average Bonchev–Trinajstić information content (AvgIpc) is 3.27. The number of nitrogens with zero attached hydrogens (tertiary/aromatic N) is 3. The number of hydrogen-bond acceptors (Lipinski definition) is 5. The topological polar surface area (TPSA) is 71.1 Å². The number of H-pyrrole nitrogens is 1. The molecule has 0 spiro atoms. The Morgan fingerprint density at radius 3 is 2.70 bits per heavy atom. The third-order valence-corrected chi connectivity index (χ3v) is 6.51. The van der Waals surface area contributed by atoms with E-state index < -0.39 is 0 Å². The number of benzene rings is 1. The van der Waals surface area contributed by atoms with Crippen LogP contribution in [0.3, 0.4) is 0 Å². The number of rotatable bonds is 6. The van der Waals surface area contributed by atoms with Gasteiger partial charge >= 0.3 is 0 Å². The highest BCUT2D eigenvalue weighted by Crippen LogP contribution is 2.30. The summed E-state index contributed by atoms with van der Waals surface area (Å²) in [5, 5.41) is 9.08. The number of hydrogen-bond donors (Lipinski definition) is 1. The number of aromatic amines is 1. The van der Waals surface area contributed by atoms with Crippen molar-refractivity contribution < 1.29 is 9.53 Å². The minimum absolute atomic E-state index is 0.154. The number of Topliss-reactive ketones (excluding diaryl/α,β-unsaturated/α-hetero) is 1. The van der Waals surface area contributed by atoms with E-state index in [1.54, 1.807) is 0 Å². The van der Waals surface area contributed by atoms with Crippen molar-refractivity contribution in [3.63, 3.8) is 0 Å². The molecule has 0 unspecified atom stereocenters. The number of carbonyl (C=O) groups excluding carboxylic acids is 1. The fourth-order valence-corrected chi connectivity index (χ4v) is 4.69. The predicted octanol–water partition coefficient (Wildman–Crippen LogP) is 3.49. The van der Waals surface area contributed by atoms with Crippen molar-refractivity contribution in [2.24, 2.45) is 11.3 Å². The zero-order chi connectivity index (χ0) is 20.6. The fourth-order valence-electron chi connectivity index (χ4n) is 4.69. The van der Waals surface area contributed by atoms with Crippen LogP contribution in [0.25, 0.3) is 21.9 Å². The molecule has 2 aliphatic heterocycles. The van der Waals surface area contributed by atoms with Gasteiger partial charge in [0.2, 0.25) is 0 Å². The van der Waals surface area contributed by atoms with Gasteiger partial charge in [-0.25, -0.2) is 0 Å². The molecule has 0 aliphatic carbocycles. The number of nitrogens with one attached hydrogen (secondary N) is 1. The molecule has 2 aromatic heterocycles. The summed E-state index contributed by atoms with van der Waals surface area (Å²) in [7, 11) is 0. The molecule has 1 aromatic carbocycles. The van der Waals surface area contributed by atoms with Crippen molar-refractivity contribution in [1.29, 1.82) is 0 Å². The molecule has 1 N–H and O–H groups in total. The number of fused-ring (bicyclic) bond motifs is 1. The van der Waals surface area contributed by atoms with Gasteiger partial charge in [0.25, 0.3) is 0 Å². The Morgan fingerprint density at radius 1 is 1.17 bits per heavy atom. The summed E-state index contributed by atoms with van der Waals surface area (Å²) in [4.78, 5) is 20.0. The maximum Gasteiger partial charge on any atom is 0.142 e. The lowest BCUT2D eigenvalue weighted by Crippen LogP contribution is -2.50. The number of aromatic nitrogens is 3. The van der Waals surface area contributed by atoms with Crippen LogP contribution in [0.1, 0.15) is 25.5 Å². The van der Waals surface area contributed by atoms with Crippen LogP contribution in [-0.2, 0) is 16.0 Å². The van der Waals surface area contributed by atoms with E-state index in [1.807, 2.05) is 18.6 Å². The monoisotopic (exact) mass is 404 g/mol. The van der Waals surface area contributed by atoms with Gasteiger partial charge < -0.3 is 9.64 Å². The Hall–Kier alpha value is -2.57. The molecule has 30 heavy (non-hydrogen) atoms. The number of ketones is 1. The van der Waals surface area contributed by atoms with Crippen molar-refractivity contribution in [1.82, 2.24) is 20.1 Å². The molecule has 2 fully saturated rings. The van der Waals surface area contributed by atoms with E-state index in [-0.39, 0.29) is 5.92 Å². The molecule has 2 saturated heterocycles. The zero-order valence-electron chi connectivity index (χ0n) is 17.4. The smallest absolute Gasteiger partial charge is 0.142 e. The lowest BCUT2D eigenvalue weighted by atomic mass is 9.85. The van der Waals surface area contributed by atoms with Gasteiger partial charge in [0.1, 0.15) is 5.78 Å². The molecule has 0 amide bonds. The van der Waals surface area contributed by atoms with Crippen LogP contribution in [0.5, 0.6) is 0 Å². The Labute approximate surface area is 176 Å². The first-order chi connectivity index (χ1) is 14.6. The molecule has 5 rings (SSSR count). The Kier molecular flexibility index (Phi) is 5.13. The van der Waals surface area contributed by atoms with Gasteiger partial charge in [-0.1, -0.05) is 19.1 Å². The van der Waals surface area contributed by atoms with Gasteiger partial charge in [-0.05, 0) is 49.0 Å². The largest absolute Gasteiger partial charge is 0.380 e. The van der Waals surface area contributed by atoms with Crippen molar-refractivity contribution in [2.45, 2.75) is 26.2 Å². The lowest BCUT2D eigenvalue weighted by molar-refractivity contribution is -0.127. The Balaban J connectivity index is 1.22. The first-order valence-electron chi connectivity index (χ1n) is 10.8. The maximum absolute atomic E-state index is 12.9. The van der Waals surface area contributed by atoms with E-state index >= 15 is 0 Å². The molecule has 156 valence electrons. The number of carbonyl (C=O) groups is 1. The molecule has 3 aromatic rings. The van der Waals surface area contributed by atoms with E-state index in [9.17, 15) is 4.79 Å². The first-order valence-corrected chi connectivity index (χ1v) is 10.8. The second kappa shape index (κ2) is 7.93. The van der Waals surface area contributed by atoms with Gasteiger partial charge in [0, 0.05) is 53.3 Å². The second-order valence-corrected chi connectivity index (χ2v) is 9.22. The normalized spacial score (nSPS) is 19.6. The molecule has 2 aliphatic rings. The second-order valence-electron chi connectivity index (χ2n) is 9.22. The van der Waals surface area contributed by atoms with Crippen molar-refractivity contribution in [2.75, 3.05) is 32.8 Å². The van der Waals surface area contributed by atoms with E-state index in [2.05, 4.69) is 51.3 Å². The number of piperidine rings is 1. The summed E-state index contributed by atoms with van der Waals surface area (Å²) in [5.41, 5.74) is 3.33. The lowest BCUT2D eigenvalue weighted by Gasteiger charge is -2.43. The average molecular weight is 405 g/mol. The third kappa shape index (κ3) is 4.02. The molecular formula is C24H28N4O2. The van der Waals surface area contributed by atoms with E-state index in [4.69, 9.17) is 4.74 Å². The first kappa shape index (κ1) is 19.4. The van der Waals surface area contributed by atoms with Gasteiger partial charge in [-0.2, -0.15) is 5.10 Å². The molecule has 0 saturated carbocycles. The van der Waals surface area contributed by atoms with Crippen LogP contribution in [0, 0.1) is 11.3 Å². The molecule has 6 heteroatoms. The summed E-state index contributed by atoms with van der Waals surface area (Å²) in [5.74, 6) is 0.479. The number of likely N-dealkylation sites (tertiary alicyclic amines) is 1. The molecule has 6 nitrogen and oxygen atoms in total. The standard InChI is InChI=1S/C24H28N4O2/c1-24(15-30-16-24)14-28-6-4-17(5-7-28)23(29)10-22-9-20-8-18(21-12-26-27-13-21)2-3-19(20)11-25-22/h2-3,8-9,11-13,17H,4-7,10,14-16H2,1H3,(H,26,27). The van der Waals surface area contributed by atoms with E-state index in [1.165, 1.54) is 0 Å². The van der Waals surface area contributed by atoms with Crippen LogP contribution < -0.4 is 0 Å². The summed E-state index contributed by atoms with van der Waals surface area (Å²) < 4.78 is 5.37. The SMILES string of the molecule is CC1(CN2CCC(C(=O)Cc3cc4cc(-c5cn[nH]c5)ccc4cn3)CC2)COC1. The Bertz CT molecular complexity index is 1030. The van der Waals surface area contributed by atoms with Crippen LogP contribution in [-0.4, -0.2) is 58.7 Å². The van der Waals surface area contributed by atoms with E-state index in [0.29, 0.717) is 17.6 Å². The van der Waals surface area contributed by atoms with Gasteiger partial charge in [-0.3, -0.25) is 14.9 Å². The van der Waals surface area contributed by atoms with Crippen LogP contribution in [0.4, 0.5) is 0 Å². The van der Waals surface area contributed by atoms with Crippen molar-refractivity contribution in [3.05, 3.63) is 48.5 Å². The summed E-state index contributed by atoms with van der Waals surface area (Å²) in [6.07, 6.45) is 7.90. The fraction of sp³-hybridized carbons (Fsp3) is 0.458. The van der Waals surface area contributed by atoms with Gasteiger partial charge in [0.15, 0.2) is 0 Å². The van der Waals surface area contributed by atoms with Crippen LogP contribution in [0.2, 0.25) is 0 Å². The summed E-state index contributed by atoms with van der Waals surface area (Å²) in [6.45, 7) is 7.11. The van der Waals surface area contributed by atoms with Crippen LogP contribution in [0.15, 0.2) is 42.9 Å². The quantitative estimate of drug-likeness (QED) is 0.681. The maximum atomic E-state index is 12.9. The van der Waals surface area contributed by atoms with Crippen molar-refractivity contribution >= 4 is 16.6 Å². The molecule has 0 bridgehead atoms. The minimum Gasteiger partial charge on any atom is -0.380 e. The number of pyridine rings is 1. The van der Waals surface area contributed by atoms with Gasteiger partial charge in [-0.15, -0.1) is 0 Å². The van der Waals surface area contributed by atoms with Crippen LogP contribution >= 0.6 is 0 Å². The van der Waals surface area contributed by atoms with Crippen molar-refractivity contribution in [3.8, 4) is 11.1 Å². The highest BCUT2D eigenvalue weighted by molar-refractivity contribution is 5.88. The zero-order valence-corrected chi connectivity index (χ0v) is 17.4. The number of ether oxygens (including phenoxy) is 1. The van der Waals surface area contributed by atoms with Gasteiger partial charge in [0.05, 0.1) is 19.4 Å².